The van der Waals surface area contributed by atoms with Crippen LogP contribution in [0.15, 0.2) is 42.5 Å². The van der Waals surface area contributed by atoms with Crippen LogP contribution in [0.5, 0.6) is 11.5 Å². The number of rotatable bonds is 7. The Bertz CT molecular complexity index is 1050. The van der Waals surface area contributed by atoms with Gasteiger partial charge in [0.25, 0.3) is 0 Å². The summed E-state index contributed by atoms with van der Waals surface area (Å²) < 4.78 is 17.6. The molecule has 0 fully saturated rings. The zero-order valence-electron chi connectivity index (χ0n) is 16.6. The van der Waals surface area contributed by atoms with Crippen molar-refractivity contribution < 1.29 is 28.9 Å². The minimum atomic E-state index is -0.573. The van der Waals surface area contributed by atoms with Crippen LogP contribution in [0.25, 0.3) is 16.6 Å². The van der Waals surface area contributed by atoms with E-state index in [1.165, 1.54) is 12.1 Å². The highest BCUT2D eigenvalue weighted by Gasteiger charge is 2.27. The van der Waals surface area contributed by atoms with Crippen LogP contribution >= 0.6 is 0 Å². The van der Waals surface area contributed by atoms with Gasteiger partial charge in [0.2, 0.25) is 0 Å². The Hall–Kier alpha value is -3.48. The Kier molecular flexibility index (Phi) is 6.07. The minimum absolute atomic E-state index is 0.00269. The first-order valence-electron chi connectivity index (χ1n) is 9.34. The fourth-order valence-electron chi connectivity index (χ4n) is 3.37. The van der Waals surface area contributed by atoms with E-state index in [1.54, 1.807) is 37.7 Å². The quantitative estimate of drug-likeness (QED) is 0.613. The summed E-state index contributed by atoms with van der Waals surface area (Å²) in [4.78, 5) is 25.2. The van der Waals surface area contributed by atoms with Crippen LogP contribution < -0.4 is 4.74 Å². The molecule has 1 heterocycles. The SMILES string of the molecule is CCOC(=O)Cc1c(C(=O)OCC)c2cc(O)ccc2n1-c1ccccc1OC. The molecule has 0 saturated heterocycles. The van der Waals surface area contributed by atoms with Crippen molar-refractivity contribution in [1.82, 2.24) is 4.57 Å². The number of benzene rings is 2. The van der Waals surface area contributed by atoms with Gasteiger partial charge in [-0.2, -0.15) is 0 Å². The monoisotopic (exact) mass is 397 g/mol. The number of aromatic nitrogens is 1. The van der Waals surface area contributed by atoms with Crippen LogP contribution in [0.1, 0.15) is 29.9 Å². The molecule has 0 unspecified atom stereocenters. The third-order valence-electron chi connectivity index (χ3n) is 4.47. The molecule has 7 nitrogen and oxygen atoms in total. The second-order valence-electron chi connectivity index (χ2n) is 6.23. The van der Waals surface area contributed by atoms with Crippen molar-refractivity contribution >= 4 is 22.8 Å². The summed E-state index contributed by atoms with van der Waals surface area (Å²) >= 11 is 0. The van der Waals surface area contributed by atoms with Gasteiger partial charge < -0.3 is 23.9 Å². The maximum Gasteiger partial charge on any atom is 0.340 e. The smallest absolute Gasteiger partial charge is 0.340 e. The van der Waals surface area contributed by atoms with Gasteiger partial charge in [-0.3, -0.25) is 4.79 Å². The lowest BCUT2D eigenvalue weighted by Gasteiger charge is -2.15. The number of methoxy groups -OCH3 is 1. The standard InChI is InChI=1S/C22H23NO6/c1-4-28-20(25)13-18-21(22(26)29-5-2)15-12-14(24)10-11-16(15)23(18)17-8-6-7-9-19(17)27-3/h6-12,24H,4-5,13H2,1-3H3. The molecule has 0 aliphatic rings. The molecule has 1 aromatic heterocycles. The molecule has 0 amide bonds. The van der Waals surface area contributed by atoms with Crippen molar-refractivity contribution in [3.8, 4) is 17.2 Å². The van der Waals surface area contributed by atoms with E-state index in [-0.39, 0.29) is 30.9 Å². The summed E-state index contributed by atoms with van der Waals surface area (Å²) in [6.45, 7) is 3.83. The predicted octanol–water partition coefficient (Wildman–Crippen LogP) is 3.63. The normalized spacial score (nSPS) is 10.7. The van der Waals surface area contributed by atoms with E-state index in [2.05, 4.69) is 0 Å². The van der Waals surface area contributed by atoms with Crippen molar-refractivity contribution in [2.45, 2.75) is 20.3 Å². The van der Waals surface area contributed by atoms with Gasteiger partial charge in [0.1, 0.15) is 11.5 Å². The Morgan fingerprint density at radius 1 is 1.03 bits per heavy atom. The zero-order chi connectivity index (χ0) is 21.0. The number of nitrogens with zero attached hydrogens (tertiary/aromatic N) is 1. The van der Waals surface area contributed by atoms with Crippen LogP contribution in [0.2, 0.25) is 0 Å². The summed E-state index contributed by atoms with van der Waals surface area (Å²) in [5, 5.41) is 10.5. The van der Waals surface area contributed by atoms with Crippen molar-refractivity contribution in [1.29, 1.82) is 0 Å². The molecule has 1 N–H and O–H groups in total. The molecule has 7 heteroatoms. The molecular weight excluding hydrogens is 374 g/mol. The van der Waals surface area contributed by atoms with Gasteiger partial charge >= 0.3 is 11.9 Å². The lowest BCUT2D eigenvalue weighted by atomic mass is 10.1. The van der Waals surface area contributed by atoms with Crippen LogP contribution in [0, 0.1) is 0 Å². The first-order valence-corrected chi connectivity index (χ1v) is 9.34. The van der Waals surface area contributed by atoms with Crippen molar-refractivity contribution in [3.05, 3.63) is 53.7 Å². The predicted molar refractivity (Wildman–Crippen MR) is 108 cm³/mol. The van der Waals surface area contributed by atoms with E-state index < -0.39 is 11.9 Å². The van der Waals surface area contributed by atoms with E-state index in [4.69, 9.17) is 14.2 Å². The average Bonchev–Trinajstić information content (AvgIpc) is 3.00. The summed E-state index contributed by atoms with van der Waals surface area (Å²) in [6, 6.07) is 12.0. The first kappa shape index (κ1) is 20.3. The molecule has 0 aliphatic heterocycles. The van der Waals surface area contributed by atoms with E-state index in [0.29, 0.717) is 28.0 Å². The van der Waals surface area contributed by atoms with E-state index in [0.717, 1.165) is 0 Å². The summed E-state index contributed by atoms with van der Waals surface area (Å²) in [5.41, 5.74) is 1.92. The van der Waals surface area contributed by atoms with Gasteiger partial charge in [0.15, 0.2) is 0 Å². The molecule has 0 saturated carbocycles. The number of hydrogen-bond acceptors (Lipinski definition) is 6. The molecule has 3 rings (SSSR count). The van der Waals surface area contributed by atoms with Crippen molar-refractivity contribution in [3.63, 3.8) is 0 Å². The first-order chi connectivity index (χ1) is 14.0. The number of carbonyl (C=O) groups excluding carboxylic acids is 2. The Balaban J connectivity index is 2.38. The topological polar surface area (TPSA) is 87.0 Å². The number of aromatic hydroxyl groups is 1. The fourth-order valence-corrected chi connectivity index (χ4v) is 3.37. The lowest BCUT2D eigenvalue weighted by molar-refractivity contribution is -0.142. The molecule has 3 aromatic rings. The molecule has 0 radical (unpaired) electrons. The number of hydrogen-bond donors (Lipinski definition) is 1. The molecule has 152 valence electrons. The molecule has 2 aromatic carbocycles. The number of phenolic OH excluding ortho intramolecular Hbond substituents is 1. The van der Waals surface area contributed by atoms with Gasteiger partial charge in [0.05, 0.1) is 43.5 Å². The second kappa shape index (κ2) is 8.68. The van der Waals surface area contributed by atoms with Crippen LogP contribution in [0.4, 0.5) is 0 Å². The molecular formula is C22H23NO6. The van der Waals surface area contributed by atoms with E-state index >= 15 is 0 Å². The number of para-hydroxylation sites is 2. The van der Waals surface area contributed by atoms with Gasteiger partial charge in [-0.05, 0) is 44.2 Å². The highest BCUT2D eigenvalue weighted by atomic mass is 16.5. The largest absolute Gasteiger partial charge is 0.508 e. The molecule has 29 heavy (non-hydrogen) atoms. The lowest BCUT2D eigenvalue weighted by Crippen LogP contribution is -2.16. The molecule has 0 bridgehead atoms. The van der Waals surface area contributed by atoms with Crippen molar-refractivity contribution in [2.24, 2.45) is 0 Å². The van der Waals surface area contributed by atoms with Crippen molar-refractivity contribution in [2.75, 3.05) is 20.3 Å². The van der Waals surface area contributed by atoms with Gasteiger partial charge in [-0.1, -0.05) is 12.1 Å². The molecule has 0 spiro atoms. The van der Waals surface area contributed by atoms with E-state index in [1.807, 2.05) is 18.2 Å². The second-order valence-corrected chi connectivity index (χ2v) is 6.23. The number of carbonyl (C=O) groups is 2. The number of fused-ring (bicyclic) bond motifs is 1. The highest BCUT2D eigenvalue weighted by molar-refractivity contribution is 6.08. The average molecular weight is 397 g/mol. The Morgan fingerprint density at radius 3 is 2.45 bits per heavy atom. The van der Waals surface area contributed by atoms with Crippen LogP contribution in [-0.2, 0) is 20.7 Å². The third kappa shape index (κ3) is 3.89. The zero-order valence-corrected chi connectivity index (χ0v) is 16.6. The Labute approximate surface area is 168 Å². The highest BCUT2D eigenvalue weighted by Crippen LogP contribution is 2.36. The minimum Gasteiger partial charge on any atom is -0.508 e. The van der Waals surface area contributed by atoms with Crippen LogP contribution in [-0.4, -0.2) is 41.9 Å². The maximum absolute atomic E-state index is 12.8. The maximum atomic E-state index is 12.8. The number of ether oxygens (including phenoxy) is 3. The van der Waals surface area contributed by atoms with Crippen LogP contribution in [0.3, 0.4) is 0 Å². The summed E-state index contributed by atoms with van der Waals surface area (Å²) in [6.07, 6.45) is -0.143. The van der Waals surface area contributed by atoms with Gasteiger partial charge in [0, 0.05) is 11.1 Å². The Morgan fingerprint density at radius 2 is 1.76 bits per heavy atom. The molecule has 0 aliphatic carbocycles. The third-order valence-corrected chi connectivity index (χ3v) is 4.47. The molecule has 0 atom stereocenters. The number of esters is 2. The summed E-state index contributed by atoms with van der Waals surface area (Å²) in [7, 11) is 1.55. The van der Waals surface area contributed by atoms with Gasteiger partial charge in [-0.25, -0.2) is 4.79 Å². The van der Waals surface area contributed by atoms with E-state index in [9.17, 15) is 14.7 Å². The number of phenols is 1. The summed E-state index contributed by atoms with van der Waals surface area (Å²) in [5.74, 6) is -0.474. The van der Waals surface area contributed by atoms with Gasteiger partial charge in [-0.15, -0.1) is 0 Å². The fraction of sp³-hybridized carbons (Fsp3) is 0.273.